The lowest BCUT2D eigenvalue weighted by molar-refractivity contribution is -0.884. The van der Waals surface area contributed by atoms with Crippen LogP contribution < -0.4 is 5.48 Å². The fourth-order valence-electron chi connectivity index (χ4n) is 2.98. The maximum Gasteiger partial charge on any atom is 0.638 e. The number of fused-ring (bicyclic) bond motifs is 1. The third-order valence-electron chi connectivity index (χ3n) is 4.38. The van der Waals surface area contributed by atoms with Gasteiger partial charge in [-0.1, -0.05) is 98.2 Å². The van der Waals surface area contributed by atoms with Crippen LogP contribution in [-0.4, -0.2) is 5.97 Å². The average molecular weight is 328 g/mol. The van der Waals surface area contributed by atoms with E-state index in [4.69, 9.17) is 4.84 Å². The van der Waals surface area contributed by atoms with E-state index in [1.54, 1.807) is 5.48 Å². The normalized spacial score (nSPS) is 10.9. The largest absolute Gasteiger partial charge is 0.638 e. The molecular weight excluding hydrogens is 298 g/mol. The molecule has 24 heavy (non-hydrogen) atoms. The molecule has 3 heteroatoms. The van der Waals surface area contributed by atoms with Crippen molar-refractivity contribution < 1.29 is 15.1 Å². The molecule has 0 fully saturated rings. The first-order valence-corrected chi connectivity index (χ1v) is 9.29. The third kappa shape index (κ3) is 6.32. The van der Waals surface area contributed by atoms with E-state index in [1.165, 1.54) is 48.4 Å². The first-order chi connectivity index (χ1) is 11.8. The third-order valence-corrected chi connectivity index (χ3v) is 4.38. The molecule has 0 bridgehead atoms. The van der Waals surface area contributed by atoms with E-state index >= 15 is 0 Å². The van der Waals surface area contributed by atoms with Gasteiger partial charge in [-0.05, 0) is 17.2 Å². The fraction of sp³-hybridized carbons (Fsp3) is 0.476. The van der Waals surface area contributed by atoms with Gasteiger partial charge in [-0.15, -0.1) is 0 Å². The molecule has 0 amide bonds. The number of carbonyl (C=O) groups is 1. The quantitative estimate of drug-likeness (QED) is 0.375. The van der Waals surface area contributed by atoms with E-state index in [9.17, 15) is 4.79 Å². The van der Waals surface area contributed by atoms with Crippen molar-refractivity contribution in [3.8, 4) is 0 Å². The Balaban J connectivity index is 1.62. The minimum Gasteiger partial charge on any atom is -0.0896 e. The van der Waals surface area contributed by atoms with Crippen molar-refractivity contribution in [2.24, 2.45) is 0 Å². The summed E-state index contributed by atoms with van der Waals surface area (Å²) in [5, 5.41) is 2.44. The molecular formula is C21H30NO2+2. The van der Waals surface area contributed by atoms with Gasteiger partial charge < -0.3 is 0 Å². The van der Waals surface area contributed by atoms with Crippen molar-refractivity contribution in [3.63, 3.8) is 0 Å². The van der Waals surface area contributed by atoms with E-state index in [0.29, 0.717) is 13.0 Å². The molecule has 129 valence electrons. The molecule has 0 saturated carbocycles. The van der Waals surface area contributed by atoms with Crippen molar-refractivity contribution in [2.75, 3.05) is 0 Å². The van der Waals surface area contributed by atoms with Gasteiger partial charge >= 0.3 is 5.97 Å². The van der Waals surface area contributed by atoms with Crippen molar-refractivity contribution in [1.82, 2.24) is 0 Å². The van der Waals surface area contributed by atoms with Crippen LogP contribution in [0.15, 0.2) is 42.5 Å². The Labute approximate surface area is 145 Å². The number of rotatable bonds is 11. The van der Waals surface area contributed by atoms with E-state index in [1.807, 2.05) is 18.2 Å². The molecule has 2 N–H and O–H groups in total. The van der Waals surface area contributed by atoms with Crippen LogP contribution in [0.5, 0.6) is 0 Å². The summed E-state index contributed by atoms with van der Waals surface area (Å²) in [7, 11) is 0. The number of nitrogens with two attached hydrogens (primary N) is 1. The van der Waals surface area contributed by atoms with Crippen LogP contribution in [0.1, 0.15) is 63.9 Å². The highest BCUT2D eigenvalue weighted by Gasteiger charge is 2.20. The molecule has 2 aromatic rings. The monoisotopic (exact) mass is 328 g/mol. The van der Waals surface area contributed by atoms with Crippen LogP contribution in [0.2, 0.25) is 0 Å². The molecule has 2 rings (SSSR count). The van der Waals surface area contributed by atoms with Crippen molar-refractivity contribution in [2.45, 2.75) is 64.8 Å². The predicted octanol–water partition coefficient (Wildman–Crippen LogP) is 4.50. The maximum atomic E-state index is 11.8. The molecule has 0 aliphatic rings. The van der Waals surface area contributed by atoms with Gasteiger partial charge in [-0.2, -0.15) is 0 Å². The first-order valence-electron chi connectivity index (χ1n) is 9.29. The smallest absolute Gasteiger partial charge is 0.0896 e. The van der Waals surface area contributed by atoms with Crippen LogP contribution in [0.4, 0.5) is 0 Å². The molecule has 0 atom stereocenters. The van der Waals surface area contributed by atoms with Crippen molar-refractivity contribution in [3.05, 3.63) is 48.0 Å². The molecule has 0 unspecified atom stereocenters. The highest BCUT2D eigenvalue weighted by Crippen LogP contribution is 2.17. The molecule has 3 nitrogen and oxygen atoms in total. The Hall–Kier alpha value is -1.87. The summed E-state index contributed by atoms with van der Waals surface area (Å²) in [6.45, 7) is 2.88. The Kier molecular flexibility index (Phi) is 8.33. The van der Waals surface area contributed by atoms with Gasteiger partial charge in [0.15, 0.2) is 6.54 Å². The lowest BCUT2D eigenvalue weighted by Crippen LogP contribution is -2.82. The zero-order valence-corrected chi connectivity index (χ0v) is 14.8. The molecule has 0 aliphatic heterocycles. The van der Waals surface area contributed by atoms with Crippen molar-refractivity contribution >= 4 is 16.7 Å². The van der Waals surface area contributed by atoms with Gasteiger partial charge in [0.25, 0.3) is 0 Å². The molecule has 0 spiro atoms. The van der Waals surface area contributed by atoms with Crippen LogP contribution in [0, 0.1) is 0 Å². The fourth-order valence-corrected chi connectivity index (χ4v) is 2.98. The summed E-state index contributed by atoms with van der Waals surface area (Å²) in [5.41, 5.74) is 2.84. The summed E-state index contributed by atoms with van der Waals surface area (Å²) in [6.07, 6.45) is 9.03. The van der Waals surface area contributed by atoms with E-state index in [0.717, 1.165) is 12.8 Å². The number of hydrogen-bond acceptors (Lipinski definition) is 2. The Morgan fingerprint density at radius 3 is 2.46 bits per heavy atom. The topological polar surface area (TPSA) is 45.7 Å². The molecule has 0 aromatic heterocycles. The van der Waals surface area contributed by atoms with Crippen LogP contribution >= 0.6 is 0 Å². The van der Waals surface area contributed by atoms with Crippen LogP contribution in [-0.2, 0) is 16.2 Å². The second-order valence-electron chi connectivity index (χ2n) is 6.37. The van der Waals surface area contributed by atoms with Gasteiger partial charge in [-0.3, -0.25) is 0 Å². The van der Waals surface area contributed by atoms with Gasteiger partial charge in [-0.25, -0.2) is 0 Å². The van der Waals surface area contributed by atoms with E-state index < -0.39 is 0 Å². The zero-order chi connectivity index (χ0) is 17.0. The highest BCUT2D eigenvalue weighted by molar-refractivity contribution is 5.85. The van der Waals surface area contributed by atoms with Crippen LogP contribution in [0.25, 0.3) is 10.8 Å². The second-order valence-corrected chi connectivity index (χ2v) is 6.37. The SMILES string of the molecule is CCCCCCCCCC(=[O+])O[NH2+]Cc1cccc2ccccc12. The second kappa shape index (κ2) is 10.8. The summed E-state index contributed by atoms with van der Waals surface area (Å²) in [6, 6.07) is 14.5. The summed E-state index contributed by atoms with van der Waals surface area (Å²) in [4.78, 5) is 17.1. The van der Waals surface area contributed by atoms with Gasteiger partial charge in [0, 0.05) is 5.56 Å². The number of unbranched alkanes of at least 4 members (excludes halogenated alkanes) is 6. The standard InChI is InChI=1S/C21H29NO2/c1-2-3-4-5-6-7-8-16-21(23)24-22-17-19-14-11-13-18-12-9-10-15-20(18)19/h9-15,22H,2-8,16-17H2,1H3/q+1/p+1. The summed E-state index contributed by atoms with van der Waals surface area (Å²) >= 11 is 0. The minimum atomic E-state index is -0.108. The van der Waals surface area contributed by atoms with Gasteiger partial charge in [0.05, 0.1) is 4.79 Å². The molecule has 1 radical (unpaired) electrons. The van der Waals surface area contributed by atoms with Gasteiger partial charge in [0.1, 0.15) is 6.42 Å². The zero-order valence-electron chi connectivity index (χ0n) is 14.8. The highest BCUT2D eigenvalue weighted by atomic mass is 16.7. The lowest BCUT2D eigenvalue weighted by atomic mass is 10.1. The van der Waals surface area contributed by atoms with Gasteiger partial charge in [0.2, 0.25) is 0 Å². The molecule has 2 aromatic carbocycles. The van der Waals surface area contributed by atoms with Crippen LogP contribution in [0.3, 0.4) is 0 Å². The maximum absolute atomic E-state index is 11.8. The number of hydrogen-bond donors (Lipinski definition) is 1. The van der Waals surface area contributed by atoms with Crippen molar-refractivity contribution in [1.29, 1.82) is 0 Å². The number of hydroxylamine groups is 1. The number of benzene rings is 2. The molecule has 0 aliphatic carbocycles. The average Bonchev–Trinajstić information content (AvgIpc) is 2.61. The number of quaternary nitrogens is 1. The molecule has 0 saturated heterocycles. The predicted molar refractivity (Wildman–Crippen MR) is 98.3 cm³/mol. The summed E-state index contributed by atoms with van der Waals surface area (Å²) in [5.74, 6) is -0.108. The lowest BCUT2D eigenvalue weighted by Gasteiger charge is -2.02. The minimum absolute atomic E-state index is 0.108. The number of carbonyl (C=O) groups excluding carboxylic acids is 1. The Morgan fingerprint density at radius 2 is 1.62 bits per heavy atom. The Morgan fingerprint density at radius 1 is 0.917 bits per heavy atom. The summed E-state index contributed by atoms with van der Waals surface area (Å²) < 4.78 is 0. The Bertz CT molecular complexity index is 619. The molecule has 0 heterocycles. The van der Waals surface area contributed by atoms with E-state index in [2.05, 4.69) is 31.2 Å². The van der Waals surface area contributed by atoms with E-state index in [-0.39, 0.29) is 5.97 Å². The first kappa shape index (κ1) is 18.5.